The molecule has 1 aliphatic heterocycles. The summed E-state index contributed by atoms with van der Waals surface area (Å²) >= 11 is 0. The van der Waals surface area contributed by atoms with Gasteiger partial charge in [-0.2, -0.15) is 0 Å². The average Bonchev–Trinajstić information content (AvgIpc) is 3.01. The highest BCUT2D eigenvalue weighted by Crippen LogP contribution is 2.49. The van der Waals surface area contributed by atoms with Crippen molar-refractivity contribution >= 4 is 16.0 Å². The summed E-state index contributed by atoms with van der Waals surface area (Å²) in [5, 5.41) is 13.2. The maximum atomic E-state index is 12.5. The molecule has 0 unspecified atom stereocenters. The molecule has 8 heteroatoms. The topological polar surface area (TPSA) is 101 Å². The molecule has 1 aromatic heterocycles. The molecule has 116 valence electrons. The molecule has 3 rings (SSSR count). The standard InChI is InChI=1S/C13H18N2O5S/c1-9-5-11(20-14-9)7-21(18,19)15-6-10-3-2-4-13(10,8-15)12(16)17/h5,10H,2-4,6-8H2,1H3,(H,16,17)/t10-,13+/m0/s1. The molecule has 2 fully saturated rings. The Bertz CT molecular complexity index is 668. The molecule has 2 atom stereocenters. The number of carbonyl (C=O) groups is 1. The molecule has 0 bridgehead atoms. The van der Waals surface area contributed by atoms with Crippen LogP contribution in [0, 0.1) is 18.3 Å². The van der Waals surface area contributed by atoms with Crippen molar-refractivity contribution in [1.29, 1.82) is 0 Å². The van der Waals surface area contributed by atoms with E-state index in [-0.39, 0.29) is 24.0 Å². The number of fused-ring (bicyclic) bond motifs is 1. The highest BCUT2D eigenvalue weighted by molar-refractivity contribution is 7.88. The molecular formula is C13H18N2O5S. The van der Waals surface area contributed by atoms with Gasteiger partial charge in [-0.05, 0) is 25.7 Å². The average molecular weight is 314 g/mol. The van der Waals surface area contributed by atoms with Gasteiger partial charge in [-0.3, -0.25) is 4.79 Å². The van der Waals surface area contributed by atoms with E-state index < -0.39 is 21.4 Å². The van der Waals surface area contributed by atoms with Crippen molar-refractivity contribution in [1.82, 2.24) is 9.46 Å². The number of sulfonamides is 1. The second-order valence-electron chi connectivity index (χ2n) is 6.03. The third-order valence-corrected chi connectivity index (χ3v) is 6.37. The number of nitrogens with zero attached hydrogens (tertiary/aromatic N) is 2. The van der Waals surface area contributed by atoms with Crippen LogP contribution >= 0.6 is 0 Å². The Labute approximate surface area is 123 Å². The maximum absolute atomic E-state index is 12.5. The molecule has 1 saturated heterocycles. The Morgan fingerprint density at radius 2 is 2.38 bits per heavy atom. The summed E-state index contributed by atoms with van der Waals surface area (Å²) < 4.78 is 31.2. The van der Waals surface area contributed by atoms with E-state index in [1.54, 1.807) is 13.0 Å². The lowest BCUT2D eigenvalue weighted by Crippen LogP contribution is -2.37. The lowest BCUT2D eigenvalue weighted by molar-refractivity contribution is -0.149. The first-order valence-corrected chi connectivity index (χ1v) is 8.58. The molecule has 0 spiro atoms. The Morgan fingerprint density at radius 3 is 2.95 bits per heavy atom. The van der Waals surface area contributed by atoms with E-state index in [0.717, 1.165) is 12.8 Å². The highest BCUT2D eigenvalue weighted by Gasteiger charge is 2.57. The Kier molecular flexibility index (Phi) is 3.32. The Balaban J connectivity index is 1.80. The number of aromatic nitrogens is 1. The minimum atomic E-state index is -3.58. The van der Waals surface area contributed by atoms with Crippen LogP contribution < -0.4 is 0 Å². The van der Waals surface area contributed by atoms with Crippen molar-refractivity contribution in [2.75, 3.05) is 13.1 Å². The van der Waals surface area contributed by atoms with Gasteiger partial charge in [0.05, 0.1) is 11.1 Å². The summed E-state index contributed by atoms with van der Waals surface area (Å²) in [6.07, 6.45) is 2.19. The van der Waals surface area contributed by atoms with E-state index in [1.165, 1.54) is 4.31 Å². The molecule has 1 aromatic rings. The Hall–Kier alpha value is -1.41. The van der Waals surface area contributed by atoms with E-state index in [2.05, 4.69) is 5.16 Å². The lowest BCUT2D eigenvalue weighted by atomic mass is 9.81. The molecule has 7 nitrogen and oxygen atoms in total. The van der Waals surface area contributed by atoms with Crippen LogP contribution in [-0.4, -0.2) is 42.0 Å². The summed E-state index contributed by atoms with van der Waals surface area (Å²) in [5.41, 5.74) is -0.273. The fourth-order valence-electron chi connectivity index (χ4n) is 3.56. The molecule has 0 radical (unpaired) electrons. The van der Waals surface area contributed by atoms with Gasteiger partial charge >= 0.3 is 5.97 Å². The highest BCUT2D eigenvalue weighted by atomic mass is 32.2. The largest absolute Gasteiger partial charge is 0.481 e. The fourth-order valence-corrected chi connectivity index (χ4v) is 5.07. The molecule has 0 aromatic carbocycles. The predicted octanol–water partition coefficient (Wildman–Crippen LogP) is 1.000. The van der Waals surface area contributed by atoms with Crippen LogP contribution in [0.15, 0.2) is 10.6 Å². The predicted molar refractivity (Wildman–Crippen MR) is 72.8 cm³/mol. The lowest BCUT2D eigenvalue weighted by Gasteiger charge is -2.23. The van der Waals surface area contributed by atoms with E-state index in [9.17, 15) is 18.3 Å². The Morgan fingerprint density at radius 1 is 1.62 bits per heavy atom. The van der Waals surface area contributed by atoms with Gasteiger partial charge in [0.2, 0.25) is 10.0 Å². The van der Waals surface area contributed by atoms with Crippen LogP contribution in [0.2, 0.25) is 0 Å². The summed E-state index contributed by atoms with van der Waals surface area (Å²) in [6, 6.07) is 1.58. The van der Waals surface area contributed by atoms with Gasteiger partial charge in [0.25, 0.3) is 0 Å². The quantitative estimate of drug-likeness (QED) is 0.889. The van der Waals surface area contributed by atoms with Crippen LogP contribution in [0.4, 0.5) is 0 Å². The van der Waals surface area contributed by atoms with E-state index in [0.29, 0.717) is 18.7 Å². The first-order valence-electron chi connectivity index (χ1n) is 6.97. The van der Waals surface area contributed by atoms with Crippen molar-refractivity contribution in [2.45, 2.75) is 31.9 Å². The van der Waals surface area contributed by atoms with Gasteiger partial charge in [-0.1, -0.05) is 11.6 Å². The summed E-state index contributed by atoms with van der Waals surface area (Å²) in [6.45, 7) is 2.09. The van der Waals surface area contributed by atoms with Crippen LogP contribution in [-0.2, 0) is 20.6 Å². The van der Waals surface area contributed by atoms with Gasteiger partial charge in [-0.15, -0.1) is 0 Å². The summed E-state index contributed by atoms with van der Waals surface area (Å²) in [5.74, 6) is -0.940. The van der Waals surface area contributed by atoms with E-state index in [1.807, 2.05) is 0 Å². The summed E-state index contributed by atoms with van der Waals surface area (Å²) in [7, 11) is -3.58. The number of carboxylic acids is 1. The third-order valence-electron chi connectivity index (χ3n) is 4.66. The van der Waals surface area contributed by atoms with Gasteiger partial charge in [-0.25, -0.2) is 12.7 Å². The zero-order valence-electron chi connectivity index (χ0n) is 11.8. The van der Waals surface area contributed by atoms with Crippen LogP contribution in [0.5, 0.6) is 0 Å². The molecule has 1 aliphatic carbocycles. The second-order valence-corrected chi connectivity index (χ2v) is 8.00. The van der Waals surface area contributed by atoms with E-state index in [4.69, 9.17) is 4.52 Å². The molecule has 2 aliphatic rings. The van der Waals surface area contributed by atoms with Gasteiger partial charge in [0.1, 0.15) is 5.75 Å². The van der Waals surface area contributed by atoms with Gasteiger partial charge < -0.3 is 9.63 Å². The first-order chi connectivity index (χ1) is 9.83. The number of aryl methyl sites for hydroxylation is 1. The molecule has 0 amide bonds. The van der Waals surface area contributed by atoms with E-state index >= 15 is 0 Å². The maximum Gasteiger partial charge on any atom is 0.311 e. The van der Waals surface area contributed by atoms with Crippen molar-refractivity contribution < 1.29 is 22.8 Å². The number of hydrogen-bond acceptors (Lipinski definition) is 5. The fraction of sp³-hybridized carbons (Fsp3) is 0.692. The van der Waals surface area contributed by atoms with Crippen LogP contribution in [0.3, 0.4) is 0 Å². The van der Waals surface area contributed by atoms with Crippen molar-refractivity contribution in [3.05, 3.63) is 17.5 Å². The van der Waals surface area contributed by atoms with Gasteiger partial charge in [0, 0.05) is 19.2 Å². The number of hydrogen-bond donors (Lipinski definition) is 1. The number of aliphatic carboxylic acids is 1. The van der Waals surface area contributed by atoms with Crippen LogP contribution in [0.25, 0.3) is 0 Å². The monoisotopic (exact) mass is 314 g/mol. The third kappa shape index (κ3) is 2.36. The van der Waals surface area contributed by atoms with Crippen molar-refractivity contribution in [3.63, 3.8) is 0 Å². The normalized spacial score (nSPS) is 29.7. The molecule has 2 heterocycles. The molecule has 1 N–H and O–H groups in total. The van der Waals surface area contributed by atoms with Crippen molar-refractivity contribution in [2.24, 2.45) is 11.3 Å². The summed E-state index contributed by atoms with van der Waals surface area (Å²) in [4.78, 5) is 11.6. The second kappa shape index (κ2) is 4.81. The van der Waals surface area contributed by atoms with Gasteiger partial charge in [0.15, 0.2) is 5.76 Å². The number of rotatable bonds is 4. The molecular weight excluding hydrogens is 296 g/mol. The molecule has 21 heavy (non-hydrogen) atoms. The van der Waals surface area contributed by atoms with Crippen LogP contribution in [0.1, 0.15) is 30.7 Å². The zero-order chi connectivity index (χ0) is 15.3. The SMILES string of the molecule is Cc1cc(CS(=O)(=O)N2C[C@@H]3CCC[C@@]3(C(=O)O)C2)on1. The van der Waals surface area contributed by atoms with Crippen molar-refractivity contribution in [3.8, 4) is 0 Å². The minimum absolute atomic E-state index is 0.0719. The first kappa shape index (κ1) is 14.5. The molecule has 1 saturated carbocycles. The number of carboxylic acid groups (broad SMARTS) is 1. The minimum Gasteiger partial charge on any atom is -0.481 e. The zero-order valence-corrected chi connectivity index (χ0v) is 12.6. The smallest absolute Gasteiger partial charge is 0.311 e.